The molecule has 0 spiro atoms. The SMILES string of the molecule is C=C/C(=C\C(C)=C(C)C)c1c(C(OC(C)(C)C)C(=O)O)cc(NC(=O)C(C)C)c(-c2ccc(C)c(C)c2)c1C. The molecule has 1 unspecified atom stereocenters. The maximum absolute atomic E-state index is 13.0. The van der Waals surface area contributed by atoms with E-state index in [9.17, 15) is 14.7 Å². The van der Waals surface area contributed by atoms with Crippen molar-refractivity contribution in [2.24, 2.45) is 5.92 Å². The number of amides is 1. The first kappa shape index (κ1) is 31.8. The molecule has 0 aliphatic heterocycles. The van der Waals surface area contributed by atoms with E-state index >= 15 is 0 Å². The van der Waals surface area contributed by atoms with Gasteiger partial charge in [0, 0.05) is 22.7 Å². The van der Waals surface area contributed by atoms with Crippen LogP contribution in [0.5, 0.6) is 0 Å². The number of anilines is 1. The molecule has 210 valence electrons. The number of nitrogens with one attached hydrogen (secondary N) is 1. The van der Waals surface area contributed by atoms with Crippen LogP contribution in [0.15, 0.2) is 54.1 Å². The third-order valence-electron chi connectivity index (χ3n) is 6.83. The van der Waals surface area contributed by atoms with Crippen molar-refractivity contribution in [3.63, 3.8) is 0 Å². The standard InChI is InChI=1S/C34H45NO4/c1-13-25(16-22(7)19(2)3)29-24(9)30(26-15-14-21(6)23(8)17-26)28(35-32(36)20(4)5)18-27(29)31(33(37)38)39-34(10,11)12/h13-18,20,31H,1H2,2-12H3,(H,35,36)(H,37,38)/b25-16+. The number of benzene rings is 2. The fraction of sp³-hybridized carbons (Fsp3) is 0.412. The molecule has 2 rings (SSSR count). The molecule has 0 aliphatic carbocycles. The van der Waals surface area contributed by atoms with Crippen molar-refractivity contribution >= 4 is 23.1 Å². The van der Waals surface area contributed by atoms with Gasteiger partial charge in [0.1, 0.15) is 0 Å². The van der Waals surface area contributed by atoms with Gasteiger partial charge < -0.3 is 15.2 Å². The van der Waals surface area contributed by atoms with Crippen LogP contribution in [0.25, 0.3) is 16.7 Å². The molecule has 39 heavy (non-hydrogen) atoms. The summed E-state index contributed by atoms with van der Waals surface area (Å²) in [4.78, 5) is 25.7. The topological polar surface area (TPSA) is 75.6 Å². The summed E-state index contributed by atoms with van der Waals surface area (Å²) < 4.78 is 6.13. The second-order valence-electron chi connectivity index (χ2n) is 11.8. The van der Waals surface area contributed by atoms with E-state index < -0.39 is 17.7 Å². The van der Waals surface area contributed by atoms with E-state index in [0.29, 0.717) is 11.3 Å². The Hall–Kier alpha value is -3.44. The lowest BCUT2D eigenvalue weighted by molar-refractivity contribution is -0.160. The number of rotatable bonds is 9. The van der Waals surface area contributed by atoms with Gasteiger partial charge in [-0.05, 0) is 102 Å². The minimum absolute atomic E-state index is 0.151. The van der Waals surface area contributed by atoms with E-state index in [0.717, 1.165) is 50.1 Å². The first-order chi connectivity index (χ1) is 18.0. The van der Waals surface area contributed by atoms with Crippen LogP contribution >= 0.6 is 0 Å². The Morgan fingerprint density at radius 1 is 1.03 bits per heavy atom. The van der Waals surface area contributed by atoms with Gasteiger partial charge in [-0.3, -0.25) is 4.79 Å². The van der Waals surface area contributed by atoms with Crippen molar-refractivity contribution in [1.29, 1.82) is 0 Å². The summed E-state index contributed by atoms with van der Waals surface area (Å²) in [6.07, 6.45) is 2.52. The normalized spacial score (nSPS) is 12.8. The van der Waals surface area contributed by atoms with Gasteiger partial charge in [-0.15, -0.1) is 0 Å². The number of carbonyl (C=O) groups excluding carboxylic acids is 1. The van der Waals surface area contributed by atoms with E-state index in [1.165, 1.54) is 0 Å². The lowest BCUT2D eigenvalue weighted by Crippen LogP contribution is -2.28. The molecular weight excluding hydrogens is 486 g/mol. The quantitative estimate of drug-likeness (QED) is 0.317. The second kappa shape index (κ2) is 12.6. The number of ether oxygens (including phenoxy) is 1. The number of carbonyl (C=O) groups is 2. The van der Waals surface area contributed by atoms with Crippen LogP contribution < -0.4 is 5.32 Å². The number of carboxylic acid groups (broad SMARTS) is 1. The Morgan fingerprint density at radius 3 is 2.10 bits per heavy atom. The molecule has 2 aromatic rings. The Kier molecular flexibility index (Phi) is 10.3. The van der Waals surface area contributed by atoms with Gasteiger partial charge in [-0.2, -0.15) is 0 Å². The fourth-order valence-electron chi connectivity index (χ4n) is 4.29. The molecule has 0 bridgehead atoms. The third kappa shape index (κ3) is 7.79. The lowest BCUT2D eigenvalue weighted by atomic mass is 9.84. The second-order valence-corrected chi connectivity index (χ2v) is 11.8. The number of hydrogen-bond acceptors (Lipinski definition) is 3. The summed E-state index contributed by atoms with van der Waals surface area (Å²) in [5.74, 6) is -1.51. The summed E-state index contributed by atoms with van der Waals surface area (Å²) >= 11 is 0. The zero-order chi connectivity index (χ0) is 29.8. The van der Waals surface area contributed by atoms with E-state index in [2.05, 4.69) is 37.9 Å². The Morgan fingerprint density at radius 2 is 1.64 bits per heavy atom. The van der Waals surface area contributed by atoms with Crippen molar-refractivity contribution in [2.45, 2.75) is 87.9 Å². The van der Waals surface area contributed by atoms with Gasteiger partial charge in [-0.25, -0.2) is 4.79 Å². The highest BCUT2D eigenvalue weighted by Crippen LogP contribution is 2.43. The van der Waals surface area contributed by atoms with Crippen molar-refractivity contribution in [3.05, 3.63) is 82.0 Å². The molecule has 0 saturated carbocycles. The zero-order valence-electron chi connectivity index (χ0n) is 25.5. The summed E-state index contributed by atoms with van der Waals surface area (Å²) in [7, 11) is 0. The number of aliphatic carboxylic acids is 1. The predicted molar refractivity (Wildman–Crippen MR) is 163 cm³/mol. The minimum atomic E-state index is -1.27. The van der Waals surface area contributed by atoms with Crippen molar-refractivity contribution < 1.29 is 19.4 Å². The maximum atomic E-state index is 13.0. The molecular formula is C34H45NO4. The average Bonchev–Trinajstić information content (AvgIpc) is 2.82. The van der Waals surface area contributed by atoms with Crippen LogP contribution in [0.4, 0.5) is 5.69 Å². The highest BCUT2D eigenvalue weighted by molar-refractivity contribution is 6.00. The van der Waals surface area contributed by atoms with Crippen LogP contribution in [0.2, 0.25) is 0 Å². The highest BCUT2D eigenvalue weighted by atomic mass is 16.5. The zero-order valence-corrected chi connectivity index (χ0v) is 25.5. The monoisotopic (exact) mass is 531 g/mol. The first-order valence-corrected chi connectivity index (χ1v) is 13.4. The smallest absolute Gasteiger partial charge is 0.337 e. The molecule has 2 aromatic carbocycles. The van der Waals surface area contributed by atoms with Crippen LogP contribution in [0.3, 0.4) is 0 Å². The highest BCUT2D eigenvalue weighted by Gasteiger charge is 2.32. The van der Waals surface area contributed by atoms with Crippen LogP contribution in [-0.4, -0.2) is 22.6 Å². The molecule has 1 amide bonds. The molecule has 0 aromatic heterocycles. The largest absolute Gasteiger partial charge is 0.479 e. The molecule has 0 saturated heterocycles. The molecule has 0 heterocycles. The molecule has 5 nitrogen and oxygen atoms in total. The maximum Gasteiger partial charge on any atom is 0.337 e. The number of hydrogen-bond donors (Lipinski definition) is 2. The Balaban J connectivity index is 3.16. The van der Waals surface area contributed by atoms with Gasteiger partial charge in [0.2, 0.25) is 5.91 Å². The van der Waals surface area contributed by atoms with Crippen LogP contribution in [0.1, 0.15) is 89.3 Å². The van der Waals surface area contributed by atoms with Gasteiger partial charge in [-0.1, -0.05) is 61.9 Å². The molecule has 5 heteroatoms. The summed E-state index contributed by atoms with van der Waals surface area (Å²) in [6.45, 7) is 25.4. The predicted octanol–water partition coefficient (Wildman–Crippen LogP) is 8.74. The van der Waals surface area contributed by atoms with Gasteiger partial charge >= 0.3 is 5.97 Å². The number of allylic oxidation sites excluding steroid dienone is 5. The van der Waals surface area contributed by atoms with Crippen molar-refractivity contribution in [2.75, 3.05) is 5.32 Å². The first-order valence-electron chi connectivity index (χ1n) is 13.4. The van der Waals surface area contributed by atoms with Crippen LogP contribution in [-0.2, 0) is 14.3 Å². The van der Waals surface area contributed by atoms with E-state index in [1.807, 2.05) is 74.5 Å². The molecule has 2 N–H and O–H groups in total. The molecule has 0 fully saturated rings. The minimum Gasteiger partial charge on any atom is -0.479 e. The summed E-state index contributed by atoms with van der Waals surface area (Å²) in [5.41, 5.74) is 8.93. The Labute approximate surface area is 234 Å². The van der Waals surface area contributed by atoms with Crippen molar-refractivity contribution in [1.82, 2.24) is 0 Å². The van der Waals surface area contributed by atoms with E-state index in [1.54, 1.807) is 12.1 Å². The molecule has 1 atom stereocenters. The molecule has 0 radical (unpaired) electrons. The average molecular weight is 532 g/mol. The van der Waals surface area contributed by atoms with Crippen LogP contribution in [0, 0.1) is 26.7 Å². The number of aryl methyl sites for hydroxylation is 2. The van der Waals surface area contributed by atoms with Gasteiger partial charge in [0.15, 0.2) is 6.10 Å². The summed E-state index contributed by atoms with van der Waals surface area (Å²) in [5, 5.41) is 13.5. The number of carboxylic acids is 1. The van der Waals surface area contributed by atoms with E-state index in [4.69, 9.17) is 4.74 Å². The fourth-order valence-corrected chi connectivity index (χ4v) is 4.29. The molecule has 0 aliphatic rings. The van der Waals surface area contributed by atoms with Crippen molar-refractivity contribution in [3.8, 4) is 11.1 Å². The summed E-state index contributed by atoms with van der Waals surface area (Å²) in [6, 6.07) is 7.97. The lowest BCUT2D eigenvalue weighted by Gasteiger charge is -2.29. The van der Waals surface area contributed by atoms with Gasteiger partial charge in [0.25, 0.3) is 0 Å². The third-order valence-corrected chi connectivity index (χ3v) is 6.83. The van der Waals surface area contributed by atoms with Gasteiger partial charge in [0.05, 0.1) is 5.60 Å². The van der Waals surface area contributed by atoms with E-state index in [-0.39, 0.29) is 11.8 Å². The Bertz CT molecular complexity index is 1330.